The van der Waals surface area contributed by atoms with Gasteiger partial charge in [-0.05, 0) is 5.41 Å². The van der Waals surface area contributed by atoms with E-state index >= 15 is 0 Å². The van der Waals surface area contributed by atoms with E-state index in [0.717, 1.165) is 0 Å². The largest absolute Gasteiger partial charge is 0.468 e. The Bertz CT molecular complexity index is 341. The van der Waals surface area contributed by atoms with E-state index in [1.54, 1.807) is 0 Å². The maximum absolute atomic E-state index is 12.6. The number of nitrogens with one attached hydrogen (secondary N) is 1. The van der Waals surface area contributed by atoms with E-state index in [2.05, 4.69) is 0 Å². The predicted molar refractivity (Wildman–Crippen MR) is 51.1 cm³/mol. The Hall–Kier alpha value is -0.750. The number of hydrogen-bond acceptors (Lipinski definition) is 2. The summed E-state index contributed by atoms with van der Waals surface area (Å²) in [5, 5.41) is 3.21. The summed E-state index contributed by atoms with van der Waals surface area (Å²) in [5.74, 6) is 0. The summed E-state index contributed by atoms with van der Waals surface area (Å²) >= 11 is 0. The third-order valence-electron chi connectivity index (χ3n) is 1.78. The highest BCUT2D eigenvalue weighted by Crippen LogP contribution is 2.38. The molecule has 0 rings (SSSR count). The molecule has 0 aliphatic heterocycles. The molecule has 17 heavy (non-hydrogen) atoms. The quantitative estimate of drug-likeness (QED) is 0.805. The summed E-state index contributed by atoms with van der Waals surface area (Å²) in [6.07, 6.45) is -5.93. The van der Waals surface area contributed by atoms with Crippen LogP contribution in [0.5, 0.6) is 0 Å². The first-order valence-corrected chi connectivity index (χ1v) is 5.51. The van der Waals surface area contributed by atoms with Crippen molar-refractivity contribution in [3.05, 3.63) is 0 Å². The highest BCUT2D eigenvalue weighted by atomic mass is 32.2. The zero-order chi connectivity index (χ0) is 14.1. The zero-order valence-corrected chi connectivity index (χ0v) is 10.0. The monoisotopic (exact) mass is 278 g/mol. The van der Waals surface area contributed by atoms with Crippen LogP contribution in [0.2, 0.25) is 0 Å². The molecule has 0 saturated heterocycles. The Balaban J connectivity index is 4.95. The second-order valence-corrected chi connectivity index (χ2v) is 5.62. The van der Waals surface area contributed by atoms with E-state index in [0.29, 0.717) is 0 Å². The van der Waals surface area contributed by atoms with Crippen molar-refractivity contribution in [1.29, 1.82) is 5.26 Å². The molecule has 0 radical (unpaired) electrons. The zero-order valence-electron chi connectivity index (χ0n) is 9.23. The lowest BCUT2D eigenvalue weighted by Crippen LogP contribution is -2.51. The van der Waals surface area contributed by atoms with Crippen LogP contribution in [0.4, 0.5) is 22.0 Å². The summed E-state index contributed by atoms with van der Waals surface area (Å²) < 4.78 is 73.2. The van der Waals surface area contributed by atoms with Gasteiger partial charge in [0.15, 0.2) is 11.0 Å². The third kappa shape index (κ3) is 3.89. The average Bonchev–Trinajstić information content (AvgIpc) is 2.09. The van der Waals surface area contributed by atoms with Crippen molar-refractivity contribution >= 4 is 11.0 Å². The Morgan fingerprint density at radius 3 is 1.82 bits per heavy atom. The van der Waals surface area contributed by atoms with Crippen LogP contribution in [0.1, 0.15) is 20.8 Å². The molecule has 9 heteroatoms. The molecular formula is C8H11F5N2OS. The van der Waals surface area contributed by atoms with Gasteiger partial charge in [-0.1, -0.05) is 20.8 Å². The van der Waals surface area contributed by atoms with Crippen LogP contribution in [0.15, 0.2) is 0 Å². The molecule has 3 nitrogen and oxygen atoms in total. The van der Waals surface area contributed by atoms with E-state index in [1.165, 1.54) is 31.6 Å². The average molecular weight is 278 g/mol. The number of halogens is 5. The Morgan fingerprint density at radius 1 is 1.18 bits per heavy atom. The number of hydrogen-bond donors (Lipinski definition) is 1. The number of rotatable bonds is 3. The first-order valence-electron chi connectivity index (χ1n) is 4.36. The molecule has 0 fully saturated rings. The number of nitriles is 1. The van der Waals surface area contributed by atoms with Crippen LogP contribution in [-0.4, -0.2) is 21.7 Å². The van der Waals surface area contributed by atoms with Gasteiger partial charge in [0.2, 0.25) is 0 Å². The first kappa shape index (κ1) is 16.2. The SMILES string of the molecule is CC(C)(C)[C@H](C#N)N[S@@](=O)C(F)(F)C(F)(F)F. The molecule has 0 aliphatic carbocycles. The van der Waals surface area contributed by atoms with Crippen molar-refractivity contribution in [1.82, 2.24) is 4.72 Å². The van der Waals surface area contributed by atoms with Crippen LogP contribution in [0.25, 0.3) is 0 Å². The van der Waals surface area contributed by atoms with E-state index in [4.69, 9.17) is 5.26 Å². The predicted octanol–water partition coefficient (Wildman–Crippen LogP) is 2.33. The molecule has 0 spiro atoms. The van der Waals surface area contributed by atoms with Crippen molar-refractivity contribution < 1.29 is 26.2 Å². The second-order valence-electron chi connectivity index (χ2n) is 4.33. The highest BCUT2D eigenvalue weighted by molar-refractivity contribution is 7.84. The molecule has 0 amide bonds. The fraction of sp³-hybridized carbons (Fsp3) is 0.875. The Labute approximate surface area is 97.6 Å². The van der Waals surface area contributed by atoms with Gasteiger partial charge in [-0.25, -0.2) is 8.93 Å². The molecule has 0 unspecified atom stereocenters. The first-order chi connectivity index (χ1) is 7.34. The summed E-state index contributed by atoms with van der Waals surface area (Å²) in [7, 11) is -3.71. The summed E-state index contributed by atoms with van der Waals surface area (Å²) in [6, 6.07) is 0.0995. The van der Waals surface area contributed by atoms with Gasteiger partial charge in [0.25, 0.3) is 0 Å². The smallest absolute Gasteiger partial charge is 0.236 e. The van der Waals surface area contributed by atoms with Gasteiger partial charge in [0, 0.05) is 0 Å². The number of nitrogens with zero attached hydrogens (tertiary/aromatic N) is 1. The molecule has 2 atom stereocenters. The fourth-order valence-electron chi connectivity index (χ4n) is 0.683. The summed E-state index contributed by atoms with van der Waals surface area (Å²) in [5.41, 5.74) is -0.925. The molecule has 0 aromatic carbocycles. The molecule has 0 aromatic rings. The maximum atomic E-state index is 12.6. The molecule has 0 heterocycles. The molecule has 0 aromatic heterocycles. The maximum Gasteiger partial charge on any atom is 0.468 e. The van der Waals surface area contributed by atoms with Crippen LogP contribution >= 0.6 is 0 Å². The van der Waals surface area contributed by atoms with Crippen LogP contribution in [0, 0.1) is 16.7 Å². The van der Waals surface area contributed by atoms with Gasteiger partial charge in [0.1, 0.15) is 6.04 Å². The topological polar surface area (TPSA) is 52.9 Å². The third-order valence-corrected chi connectivity index (χ3v) is 2.93. The van der Waals surface area contributed by atoms with Gasteiger partial charge < -0.3 is 0 Å². The van der Waals surface area contributed by atoms with Gasteiger partial charge in [-0.3, -0.25) is 0 Å². The van der Waals surface area contributed by atoms with Gasteiger partial charge >= 0.3 is 11.4 Å². The molecule has 0 aliphatic rings. The van der Waals surface area contributed by atoms with E-state index in [-0.39, 0.29) is 0 Å². The van der Waals surface area contributed by atoms with E-state index in [9.17, 15) is 26.2 Å². The second kappa shape index (κ2) is 4.86. The van der Waals surface area contributed by atoms with Gasteiger partial charge in [-0.2, -0.15) is 27.2 Å². The van der Waals surface area contributed by atoms with E-state index < -0.39 is 33.9 Å². The normalized spacial score (nSPS) is 17.4. The molecule has 0 bridgehead atoms. The lowest BCUT2D eigenvalue weighted by Gasteiger charge is -2.27. The molecular weight excluding hydrogens is 267 g/mol. The lowest BCUT2D eigenvalue weighted by atomic mass is 9.88. The standard InChI is InChI=1S/C8H11F5N2OS/c1-6(2,3)5(4-14)15-17(16)8(12,13)7(9,10)11/h5,15H,1-3H3/t5-,17-/m0/s1. The summed E-state index contributed by atoms with van der Waals surface area (Å²) in [6.45, 7) is 4.32. The minimum absolute atomic E-state index is 0.925. The molecule has 1 N–H and O–H groups in total. The van der Waals surface area contributed by atoms with Crippen molar-refractivity contribution in [2.24, 2.45) is 5.41 Å². The van der Waals surface area contributed by atoms with Crippen molar-refractivity contribution in [3.63, 3.8) is 0 Å². The van der Waals surface area contributed by atoms with E-state index in [1.807, 2.05) is 0 Å². The van der Waals surface area contributed by atoms with Gasteiger partial charge in [-0.15, -0.1) is 0 Å². The Kier molecular flexibility index (Phi) is 4.64. The minimum Gasteiger partial charge on any atom is -0.236 e. The van der Waals surface area contributed by atoms with Crippen molar-refractivity contribution in [2.75, 3.05) is 0 Å². The lowest BCUT2D eigenvalue weighted by molar-refractivity contribution is -0.240. The molecule has 100 valence electrons. The number of alkyl halides is 5. The van der Waals surface area contributed by atoms with Crippen LogP contribution < -0.4 is 4.72 Å². The minimum atomic E-state index is -5.93. The highest BCUT2D eigenvalue weighted by Gasteiger charge is 2.63. The summed E-state index contributed by atoms with van der Waals surface area (Å²) in [4.78, 5) is 0. The van der Waals surface area contributed by atoms with Gasteiger partial charge in [0.05, 0.1) is 6.07 Å². The Morgan fingerprint density at radius 2 is 1.59 bits per heavy atom. The van der Waals surface area contributed by atoms with Crippen LogP contribution in [-0.2, 0) is 11.0 Å². The van der Waals surface area contributed by atoms with Crippen molar-refractivity contribution in [3.8, 4) is 6.07 Å². The van der Waals surface area contributed by atoms with Crippen LogP contribution in [0.3, 0.4) is 0 Å². The fourth-order valence-corrected chi connectivity index (χ4v) is 1.66. The van der Waals surface area contributed by atoms with Crippen molar-refractivity contribution in [2.45, 2.75) is 38.2 Å². The molecule has 0 saturated carbocycles.